The minimum atomic E-state index is -0.184. The van der Waals surface area contributed by atoms with E-state index < -0.39 is 0 Å². The topological polar surface area (TPSA) is 32.3 Å². The molecule has 3 nitrogen and oxygen atoms in total. The third-order valence-electron chi connectivity index (χ3n) is 5.05. The lowest BCUT2D eigenvalue weighted by Gasteiger charge is -2.32. The fourth-order valence-corrected chi connectivity index (χ4v) is 3.58. The van der Waals surface area contributed by atoms with Gasteiger partial charge in [0.2, 0.25) is 0 Å². The molecule has 0 spiro atoms. The number of hydrogen-bond donors (Lipinski definition) is 1. The second-order valence-corrected chi connectivity index (χ2v) is 6.80. The maximum atomic E-state index is 13.2. The number of amides is 1. The normalized spacial score (nSPS) is 17.1. The summed E-state index contributed by atoms with van der Waals surface area (Å²) in [5.74, 6) is 0.0709. The highest BCUT2D eigenvalue weighted by Gasteiger charge is 2.39. The van der Waals surface area contributed by atoms with E-state index in [2.05, 4.69) is 55.6 Å². The molecule has 1 amide bonds. The van der Waals surface area contributed by atoms with Gasteiger partial charge in [-0.1, -0.05) is 66.2 Å². The molecule has 0 unspecified atom stereocenters. The van der Waals surface area contributed by atoms with Gasteiger partial charge < -0.3 is 10.2 Å². The fraction of sp³-hybridized carbons (Fsp3) is 0.174. The van der Waals surface area contributed by atoms with Gasteiger partial charge in [-0.25, -0.2) is 0 Å². The molecule has 1 aliphatic heterocycles. The van der Waals surface area contributed by atoms with Crippen molar-refractivity contribution in [3.8, 4) is 0 Å². The number of hydrogen-bond acceptors (Lipinski definition) is 2. The Labute approximate surface area is 154 Å². The third-order valence-corrected chi connectivity index (χ3v) is 5.05. The van der Waals surface area contributed by atoms with E-state index in [4.69, 9.17) is 0 Å². The van der Waals surface area contributed by atoms with Crippen molar-refractivity contribution in [1.29, 1.82) is 0 Å². The molecule has 0 fully saturated rings. The summed E-state index contributed by atoms with van der Waals surface area (Å²) in [5.41, 5.74) is 5.16. The number of carbonyl (C=O) groups excluding carboxylic acids is 1. The predicted molar refractivity (Wildman–Crippen MR) is 105 cm³/mol. The monoisotopic (exact) mass is 342 g/mol. The lowest BCUT2D eigenvalue weighted by Crippen LogP contribution is -2.34. The van der Waals surface area contributed by atoms with Gasteiger partial charge in [0.15, 0.2) is 0 Å². The zero-order chi connectivity index (χ0) is 18.1. The van der Waals surface area contributed by atoms with E-state index in [-0.39, 0.29) is 18.1 Å². The van der Waals surface area contributed by atoms with E-state index in [0.717, 1.165) is 22.4 Å². The summed E-state index contributed by atoms with van der Waals surface area (Å²) in [6, 6.07) is 26.3. The van der Waals surface area contributed by atoms with Gasteiger partial charge in [0, 0.05) is 16.8 Å². The van der Waals surface area contributed by atoms with Crippen LogP contribution in [-0.2, 0) is 0 Å². The maximum Gasteiger partial charge on any atom is 0.256 e. The van der Waals surface area contributed by atoms with Crippen molar-refractivity contribution in [1.82, 2.24) is 4.90 Å². The van der Waals surface area contributed by atoms with Crippen molar-refractivity contribution in [2.45, 2.75) is 26.1 Å². The van der Waals surface area contributed by atoms with Crippen LogP contribution in [0.4, 0.5) is 5.69 Å². The average molecular weight is 342 g/mol. The Morgan fingerprint density at radius 2 is 1.54 bits per heavy atom. The molecular weight excluding hydrogens is 320 g/mol. The second-order valence-electron chi connectivity index (χ2n) is 6.80. The molecule has 0 saturated carbocycles. The van der Waals surface area contributed by atoms with Crippen LogP contribution in [0.1, 0.15) is 46.2 Å². The first-order valence-electron chi connectivity index (χ1n) is 8.95. The first-order chi connectivity index (χ1) is 12.6. The minimum Gasteiger partial charge on any atom is -0.361 e. The number of nitrogens with zero attached hydrogens (tertiary/aromatic N) is 1. The van der Waals surface area contributed by atoms with Gasteiger partial charge in [-0.2, -0.15) is 0 Å². The van der Waals surface area contributed by atoms with Crippen molar-refractivity contribution in [3.05, 3.63) is 101 Å². The van der Waals surface area contributed by atoms with Gasteiger partial charge in [0.05, 0.1) is 6.04 Å². The van der Waals surface area contributed by atoms with Crippen LogP contribution >= 0.6 is 0 Å². The summed E-state index contributed by atoms with van der Waals surface area (Å²) in [4.78, 5) is 15.1. The second kappa shape index (κ2) is 6.68. The largest absolute Gasteiger partial charge is 0.361 e. The molecule has 3 aromatic carbocycles. The van der Waals surface area contributed by atoms with E-state index in [1.165, 1.54) is 5.56 Å². The lowest BCUT2D eigenvalue weighted by molar-refractivity contribution is 0.0667. The Morgan fingerprint density at radius 3 is 2.27 bits per heavy atom. The molecule has 0 saturated heterocycles. The molecule has 1 aliphatic rings. The minimum absolute atomic E-state index is 0.0287. The summed E-state index contributed by atoms with van der Waals surface area (Å²) in [7, 11) is 0. The Morgan fingerprint density at radius 1 is 0.885 bits per heavy atom. The Bertz CT molecular complexity index is 918. The molecule has 0 aliphatic carbocycles. The average Bonchev–Trinajstić information content (AvgIpc) is 2.96. The first-order valence-corrected chi connectivity index (χ1v) is 8.95. The molecule has 26 heavy (non-hydrogen) atoms. The molecule has 3 heteroatoms. The highest BCUT2D eigenvalue weighted by atomic mass is 16.2. The summed E-state index contributed by atoms with van der Waals surface area (Å²) in [5, 5.41) is 3.56. The number of carbonyl (C=O) groups is 1. The van der Waals surface area contributed by atoms with Gasteiger partial charge >= 0.3 is 0 Å². The number of benzene rings is 3. The quantitative estimate of drug-likeness (QED) is 0.696. The Balaban J connectivity index is 1.73. The maximum absolute atomic E-state index is 13.2. The van der Waals surface area contributed by atoms with E-state index in [1.807, 2.05) is 47.4 Å². The molecule has 130 valence electrons. The van der Waals surface area contributed by atoms with Crippen molar-refractivity contribution in [2.24, 2.45) is 0 Å². The highest BCUT2D eigenvalue weighted by Crippen LogP contribution is 2.40. The van der Waals surface area contributed by atoms with Crippen LogP contribution in [0.25, 0.3) is 0 Å². The molecule has 0 aromatic heterocycles. The number of anilines is 1. The number of aryl methyl sites for hydroxylation is 1. The summed E-state index contributed by atoms with van der Waals surface area (Å²) in [6.07, 6.45) is -0.184. The summed E-state index contributed by atoms with van der Waals surface area (Å²) in [6.45, 7) is 4.16. The molecule has 1 heterocycles. The number of nitrogens with one attached hydrogen (secondary N) is 1. The smallest absolute Gasteiger partial charge is 0.256 e. The molecule has 4 rings (SSSR count). The fourth-order valence-electron chi connectivity index (χ4n) is 3.58. The van der Waals surface area contributed by atoms with Crippen LogP contribution in [0.15, 0.2) is 78.9 Å². The van der Waals surface area contributed by atoms with Crippen LogP contribution in [0.2, 0.25) is 0 Å². The van der Waals surface area contributed by atoms with E-state index in [9.17, 15) is 4.79 Å². The molecule has 0 radical (unpaired) electrons. The zero-order valence-electron chi connectivity index (χ0n) is 15.0. The van der Waals surface area contributed by atoms with Crippen molar-refractivity contribution >= 4 is 11.6 Å². The van der Waals surface area contributed by atoms with Crippen molar-refractivity contribution < 1.29 is 4.79 Å². The van der Waals surface area contributed by atoms with Crippen LogP contribution in [0.3, 0.4) is 0 Å². The predicted octanol–water partition coefficient (Wildman–Crippen LogP) is 5.32. The number of rotatable bonds is 4. The van der Waals surface area contributed by atoms with E-state index >= 15 is 0 Å². The molecule has 2 atom stereocenters. The molecular formula is C23H22N2O. The summed E-state index contributed by atoms with van der Waals surface area (Å²) >= 11 is 0. The van der Waals surface area contributed by atoms with E-state index in [1.54, 1.807) is 0 Å². The van der Waals surface area contributed by atoms with Crippen molar-refractivity contribution in [2.75, 3.05) is 5.32 Å². The molecule has 3 aromatic rings. The Hall–Kier alpha value is -3.07. The van der Waals surface area contributed by atoms with Crippen LogP contribution in [-0.4, -0.2) is 10.8 Å². The lowest BCUT2D eigenvalue weighted by atomic mass is 10.1. The zero-order valence-corrected chi connectivity index (χ0v) is 15.0. The van der Waals surface area contributed by atoms with Gasteiger partial charge in [0.1, 0.15) is 6.17 Å². The van der Waals surface area contributed by atoms with Crippen molar-refractivity contribution in [3.63, 3.8) is 0 Å². The van der Waals surface area contributed by atoms with Gasteiger partial charge in [0.25, 0.3) is 5.91 Å². The standard InChI is InChI=1S/C23H22N2O/c1-16-12-14-19(15-13-16)24-22-20-10-6-7-11-21(20)23(26)25(22)17(2)18-8-4-3-5-9-18/h3-15,17,22,24H,1-2H3/t17-,22+/m0/s1. The van der Waals surface area contributed by atoms with E-state index in [0.29, 0.717) is 0 Å². The first kappa shape index (κ1) is 16.4. The van der Waals surface area contributed by atoms with Gasteiger partial charge in [-0.15, -0.1) is 0 Å². The molecule has 0 bridgehead atoms. The Kier molecular flexibility index (Phi) is 4.21. The number of fused-ring (bicyclic) bond motifs is 1. The highest BCUT2D eigenvalue weighted by molar-refractivity contribution is 5.99. The SMILES string of the molecule is Cc1ccc(N[C@H]2c3ccccc3C(=O)N2[C@@H](C)c2ccccc2)cc1. The third kappa shape index (κ3) is 2.86. The van der Waals surface area contributed by atoms with Crippen LogP contribution < -0.4 is 5.32 Å². The van der Waals surface area contributed by atoms with Crippen LogP contribution in [0.5, 0.6) is 0 Å². The molecule has 1 N–H and O–H groups in total. The van der Waals surface area contributed by atoms with Gasteiger partial charge in [-0.3, -0.25) is 4.79 Å². The van der Waals surface area contributed by atoms with Crippen LogP contribution in [0, 0.1) is 6.92 Å². The van der Waals surface area contributed by atoms with Gasteiger partial charge in [-0.05, 0) is 37.6 Å². The summed E-state index contributed by atoms with van der Waals surface area (Å²) < 4.78 is 0.